The Morgan fingerprint density at radius 2 is 2.21 bits per heavy atom. The second-order valence-electron chi connectivity index (χ2n) is 6.07. The molecule has 3 rings (SSSR count). The predicted octanol–water partition coefficient (Wildman–Crippen LogP) is 2.39. The normalized spacial score (nSPS) is 25.5. The van der Waals surface area contributed by atoms with Crippen LogP contribution in [-0.2, 0) is 6.42 Å². The van der Waals surface area contributed by atoms with Gasteiger partial charge in [-0.15, -0.1) is 0 Å². The van der Waals surface area contributed by atoms with E-state index >= 15 is 0 Å². The molecule has 0 amide bonds. The molecule has 1 aromatic rings. The molecule has 0 saturated heterocycles. The van der Waals surface area contributed by atoms with Crippen LogP contribution in [0.3, 0.4) is 0 Å². The Morgan fingerprint density at radius 1 is 1.42 bits per heavy atom. The van der Waals surface area contributed by atoms with E-state index in [1.807, 2.05) is 0 Å². The monoisotopic (exact) mass is 261 g/mol. The molecule has 1 heterocycles. The topological polar surface area (TPSA) is 32.7 Å². The van der Waals surface area contributed by atoms with Crippen molar-refractivity contribution < 1.29 is 9.84 Å². The summed E-state index contributed by atoms with van der Waals surface area (Å²) in [5.41, 5.74) is 2.86. The molecule has 1 aromatic carbocycles. The fraction of sp³-hybridized carbons (Fsp3) is 0.625. The van der Waals surface area contributed by atoms with Gasteiger partial charge in [-0.2, -0.15) is 0 Å². The molecular weight excluding hydrogens is 238 g/mol. The van der Waals surface area contributed by atoms with Gasteiger partial charge in [0.15, 0.2) is 0 Å². The highest BCUT2D eigenvalue weighted by Gasteiger charge is 2.47. The second-order valence-corrected chi connectivity index (χ2v) is 6.07. The molecule has 19 heavy (non-hydrogen) atoms. The number of rotatable bonds is 3. The van der Waals surface area contributed by atoms with Gasteiger partial charge in [-0.05, 0) is 49.6 Å². The minimum Gasteiger partial charge on any atom is -0.497 e. The molecule has 1 unspecified atom stereocenters. The van der Waals surface area contributed by atoms with Crippen molar-refractivity contribution in [3.05, 3.63) is 29.3 Å². The van der Waals surface area contributed by atoms with Gasteiger partial charge in [0.1, 0.15) is 5.75 Å². The van der Waals surface area contributed by atoms with Crippen LogP contribution in [0.4, 0.5) is 0 Å². The van der Waals surface area contributed by atoms with E-state index in [1.165, 1.54) is 17.5 Å². The van der Waals surface area contributed by atoms with Crippen LogP contribution in [0.5, 0.6) is 5.75 Å². The van der Waals surface area contributed by atoms with Gasteiger partial charge in [0, 0.05) is 18.0 Å². The first-order valence-corrected chi connectivity index (χ1v) is 7.18. The lowest BCUT2D eigenvalue weighted by molar-refractivity contribution is -0.0421. The van der Waals surface area contributed by atoms with Gasteiger partial charge in [0.25, 0.3) is 0 Å². The van der Waals surface area contributed by atoms with Crippen LogP contribution < -0.4 is 4.74 Å². The molecule has 3 heteroatoms. The molecule has 3 nitrogen and oxygen atoms in total. The van der Waals surface area contributed by atoms with Crippen LogP contribution in [0.1, 0.15) is 36.4 Å². The third kappa shape index (κ3) is 1.96. The average Bonchev–Trinajstić information content (AvgIpc) is 2.40. The molecule has 1 aliphatic carbocycles. The average molecular weight is 261 g/mol. The van der Waals surface area contributed by atoms with E-state index in [2.05, 4.69) is 30.1 Å². The van der Waals surface area contributed by atoms with Crippen LogP contribution in [0.2, 0.25) is 0 Å². The standard InChI is InChI=1S/C16H23NO2/c1-17-9-6-12-10-13(19-2)4-5-14(12)15(17)16(11-18)7-3-8-16/h4-5,10,15,18H,3,6-9,11H2,1-2H3. The van der Waals surface area contributed by atoms with Crippen molar-refractivity contribution in [3.63, 3.8) is 0 Å². The zero-order chi connectivity index (χ0) is 13.5. The van der Waals surface area contributed by atoms with Crippen molar-refractivity contribution in [1.29, 1.82) is 0 Å². The molecule has 2 aliphatic rings. The van der Waals surface area contributed by atoms with E-state index in [9.17, 15) is 5.11 Å². The smallest absolute Gasteiger partial charge is 0.119 e. The maximum absolute atomic E-state index is 9.88. The first-order valence-electron chi connectivity index (χ1n) is 7.18. The summed E-state index contributed by atoms with van der Waals surface area (Å²) >= 11 is 0. The lowest BCUT2D eigenvalue weighted by Gasteiger charge is -2.52. The van der Waals surface area contributed by atoms with E-state index in [0.29, 0.717) is 12.6 Å². The summed E-state index contributed by atoms with van der Waals surface area (Å²) in [4.78, 5) is 2.42. The summed E-state index contributed by atoms with van der Waals surface area (Å²) in [7, 11) is 3.91. The molecule has 0 aromatic heterocycles. The lowest BCUT2D eigenvalue weighted by atomic mass is 9.61. The maximum atomic E-state index is 9.88. The minimum atomic E-state index is 0.0819. The summed E-state index contributed by atoms with van der Waals surface area (Å²) in [5.74, 6) is 0.939. The number of nitrogens with zero attached hydrogens (tertiary/aromatic N) is 1. The number of ether oxygens (including phenoxy) is 1. The predicted molar refractivity (Wildman–Crippen MR) is 75.4 cm³/mol. The quantitative estimate of drug-likeness (QED) is 0.907. The first-order chi connectivity index (χ1) is 9.20. The molecular formula is C16H23NO2. The number of aliphatic hydroxyl groups excluding tert-OH is 1. The molecule has 1 atom stereocenters. The largest absolute Gasteiger partial charge is 0.497 e. The summed E-state index contributed by atoms with van der Waals surface area (Å²) in [5, 5.41) is 9.88. The Bertz CT molecular complexity index is 462. The number of methoxy groups -OCH3 is 1. The van der Waals surface area contributed by atoms with Gasteiger partial charge in [-0.25, -0.2) is 0 Å². The number of benzene rings is 1. The van der Waals surface area contributed by atoms with Crippen molar-refractivity contribution in [3.8, 4) is 5.75 Å². The van der Waals surface area contributed by atoms with Crippen LogP contribution in [-0.4, -0.2) is 37.3 Å². The van der Waals surface area contributed by atoms with Crippen LogP contribution in [0.15, 0.2) is 18.2 Å². The highest BCUT2D eigenvalue weighted by atomic mass is 16.5. The van der Waals surface area contributed by atoms with Crippen molar-refractivity contribution >= 4 is 0 Å². The summed E-state index contributed by atoms with van der Waals surface area (Å²) in [6.45, 7) is 1.36. The molecule has 0 radical (unpaired) electrons. The van der Waals surface area contributed by atoms with Crippen molar-refractivity contribution in [1.82, 2.24) is 4.90 Å². The zero-order valence-electron chi connectivity index (χ0n) is 11.9. The van der Waals surface area contributed by atoms with Crippen molar-refractivity contribution in [2.45, 2.75) is 31.7 Å². The number of aliphatic hydroxyl groups is 1. The molecule has 1 saturated carbocycles. The minimum absolute atomic E-state index is 0.0819. The van der Waals surface area contributed by atoms with Gasteiger partial charge in [0.05, 0.1) is 13.7 Å². The summed E-state index contributed by atoms with van der Waals surface area (Å²) < 4.78 is 5.33. The van der Waals surface area contributed by atoms with Crippen LogP contribution in [0.25, 0.3) is 0 Å². The molecule has 1 fully saturated rings. The Balaban J connectivity index is 2.01. The van der Waals surface area contributed by atoms with E-state index < -0.39 is 0 Å². The lowest BCUT2D eigenvalue weighted by Crippen LogP contribution is -2.48. The van der Waals surface area contributed by atoms with E-state index in [-0.39, 0.29) is 5.41 Å². The third-order valence-corrected chi connectivity index (χ3v) is 5.06. The van der Waals surface area contributed by atoms with Gasteiger partial charge in [-0.3, -0.25) is 4.90 Å². The van der Waals surface area contributed by atoms with E-state index in [1.54, 1.807) is 7.11 Å². The number of hydrogen-bond donors (Lipinski definition) is 1. The molecule has 104 valence electrons. The Kier molecular flexibility index (Phi) is 3.27. The summed E-state index contributed by atoms with van der Waals surface area (Å²) in [6.07, 6.45) is 4.60. The number of likely N-dealkylation sites (N-methyl/N-ethyl adjacent to an activating group) is 1. The van der Waals surface area contributed by atoms with Gasteiger partial charge in [-0.1, -0.05) is 12.5 Å². The van der Waals surface area contributed by atoms with E-state index in [0.717, 1.165) is 31.6 Å². The molecule has 0 bridgehead atoms. The SMILES string of the molecule is COc1ccc2c(c1)CCN(C)C2C1(CO)CCC1. The highest BCUT2D eigenvalue weighted by molar-refractivity contribution is 5.40. The molecule has 0 spiro atoms. The Labute approximate surface area is 115 Å². The molecule has 1 aliphatic heterocycles. The maximum Gasteiger partial charge on any atom is 0.119 e. The Hall–Kier alpha value is -1.06. The summed E-state index contributed by atoms with van der Waals surface area (Å²) in [6, 6.07) is 6.78. The van der Waals surface area contributed by atoms with Crippen molar-refractivity contribution in [2.75, 3.05) is 27.3 Å². The highest BCUT2D eigenvalue weighted by Crippen LogP contribution is 2.54. The molecule has 1 N–H and O–H groups in total. The van der Waals surface area contributed by atoms with Gasteiger partial charge >= 0.3 is 0 Å². The zero-order valence-corrected chi connectivity index (χ0v) is 11.9. The van der Waals surface area contributed by atoms with Crippen molar-refractivity contribution in [2.24, 2.45) is 5.41 Å². The second kappa shape index (κ2) is 4.80. The first kappa shape index (κ1) is 12.9. The van der Waals surface area contributed by atoms with Crippen LogP contribution >= 0.6 is 0 Å². The number of fused-ring (bicyclic) bond motifs is 1. The fourth-order valence-corrected chi connectivity index (χ4v) is 3.80. The number of hydrogen-bond acceptors (Lipinski definition) is 3. The Morgan fingerprint density at radius 3 is 2.79 bits per heavy atom. The van der Waals surface area contributed by atoms with Gasteiger partial charge in [0.2, 0.25) is 0 Å². The van der Waals surface area contributed by atoms with Gasteiger partial charge < -0.3 is 9.84 Å². The van der Waals surface area contributed by atoms with Crippen LogP contribution in [0, 0.1) is 5.41 Å². The fourth-order valence-electron chi connectivity index (χ4n) is 3.80. The third-order valence-electron chi connectivity index (χ3n) is 5.06. The van der Waals surface area contributed by atoms with E-state index in [4.69, 9.17) is 4.74 Å².